The van der Waals surface area contributed by atoms with E-state index in [1.54, 1.807) is 0 Å². The van der Waals surface area contributed by atoms with Gasteiger partial charge in [0.2, 0.25) is 0 Å². The predicted molar refractivity (Wildman–Crippen MR) is 99.7 cm³/mol. The second-order valence-electron chi connectivity index (χ2n) is 6.96. The Hall–Kier alpha value is -1.69. The fraction of sp³-hybridized carbons (Fsp3) is 0.556. The van der Waals surface area contributed by atoms with E-state index in [-0.39, 0.29) is 5.82 Å². The van der Waals surface area contributed by atoms with Gasteiger partial charge < -0.3 is 14.8 Å². The average molecular weight is 348 g/mol. The van der Waals surface area contributed by atoms with E-state index < -0.39 is 0 Å². The molecular formula is C18H25FN4S. The number of halogens is 1. The largest absolute Gasteiger partial charge is 0.362 e. The summed E-state index contributed by atoms with van der Waals surface area (Å²) >= 11 is 5.50. The Kier molecular flexibility index (Phi) is 5.04. The standard InChI is InChI=1S/C18H25FN4S/c1-12(2)11-20-18(24)22-8-6-15(7-9-22)23-13(3)21-16-10-14(19)4-5-17(16)23/h4-5,10,12,15H,6-9,11H2,1-3H3,(H,20,24). The van der Waals surface area contributed by atoms with Crippen LogP contribution in [0.4, 0.5) is 4.39 Å². The van der Waals surface area contributed by atoms with Crippen LogP contribution in [0.2, 0.25) is 0 Å². The summed E-state index contributed by atoms with van der Waals surface area (Å²) in [4.78, 5) is 6.78. The summed E-state index contributed by atoms with van der Waals surface area (Å²) in [5, 5.41) is 4.20. The zero-order valence-electron chi connectivity index (χ0n) is 14.6. The first-order chi connectivity index (χ1) is 11.5. The van der Waals surface area contributed by atoms with Crippen LogP contribution in [-0.2, 0) is 0 Å². The molecule has 0 amide bonds. The van der Waals surface area contributed by atoms with E-state index in [4.69, 9.17) is 12.2 Å². The van der Waals surface area contributed by atoms with E-state index in [9.17, 15) is 4.39 Å². The maximum atomic E-state index is 13.4. The Labute approximate surface area is 148 Å². The zero-order valence-corrected chi connectivity index (χ0v) is 15.4. The number of thiocarbonyl (C=S) groups is 1. The van der Waals surface area contributed by atoms with E-state index in [1.807, 2.05) is 13.0 Å². The molecule has 6 heteroatoms. The van der Waals surface area contributed by atoms with Gasteiger partial charge in [-0.1, -0.05) is 13.8 Å². The zero-order chi connectivity index (χ0) is 17.3. The molecule has 1 fully saturated rings. The molecule has 4 nitrogen and oxygen atoms in total. The highest BCUT2D eigenvalue weighted by molar-refractivity contribution is 7.80. The third-order valence-corrected chi connectivity index (χ3v) is 5.01. The van der Waals surface area contributed by atoms with Crippen molar-refractivity contribution in [3.8, 4) is 0 Å². The van der Waals surface area contributed by atoms with Gasteiger partial charge in [-0.25, -0.2) is 9.37 Å². The van der Waals surface area contributed by atoms with Gasteiger partial charge in [-0.05, 0) is 50.0 Å². The Bertz CT molecular complexity index is 732. The Morgan fingerprint density at radius 2 is 2.08 bits per heavy atom. The van der Waals surface area contributed by atoms with Crippen molar-refractivity contribution in [1.29, 1.82) is 0 Å². The first-order valence-electron chi connectivity index (χ1n) is 8.62. The van der Waals surface area contributed by atoms with Crippen LogP contribution in [0, 0.1) is 18.7 Å². The molecule has 0 unspecified atom stereocenters. The lowest BCUT2D eigenvalue weighted by Gasteiger charge is -2.35. The maximum Gasteiger partial charge on any atom is 0.168 e. The van der Waals surface area contributed by atoms with Gasteiger partial charge in [0.15, 0.2) is 5.11 Å². The summed E-state index contributed by atoms with van der Waals surface area (Å²) in [6.45, 7) is 9.15. The summed E-state index contributed by atoms with van der Waals surface area (Å²) in [5.41, 5.74) is 1.76. The number of imidazole rings is 1. The van der Waals surface area contributed by atoms with Gasteiger partial charge in [0.1, 0.15) is 11.6 Å². The van der Waals surface area contributed by atoms with Crippen molar-refractivity contribution in [2.45, 2.75) is 39.7 Å². The summed E-state index contributed by atoms with van der Waals surface area (Å²) in [5.74, 6) is 1.30. The molecule has 1 aliphatic rings. The van der Waals surface area contributed by atoms with Crippen molar-refractivity contribution in [2.75, 3.05) is 19.6 Å². The van der Waals surface area contributed by atoms with Crippen molar-refractivity contribution < 1.29 is 4.39 Å². The molecule has 130 valence electrons. The molecule has 3 rings (SSSR count). The molecule has 1 aromatic heterocycles. The highest BCUT2D eigenvalue weighted by Crippen LogP contribution is 2.29. The number of likely N-dealkylation sites (tertiary alicyclic amines) is 1. The summed E-state index contributed by atoms with van der Waals surface area (Å²) < 4.78 is 15.7. The van der Waals surface area contributed by atoms with Gasteiger partial charge in [-0.15, -0.1) is 0 Å². The lowest BCUT2D eigenvalue weighted by molar-refractivity contribution is 0.265. The molecule has 0 bridgehead atoms. The molecule has 0 atom stereocenters. The molecule has 0 spiro atoms. The van der Waals surface area contributed by atoms with E-state index in [1.165, 1.54) is 12.1 Å². The van der Waals surface area contributed by atoms with Crippen LogP contribution in [0.3, 0.4) is 0 Å². The summed E-state index contributed by atoms with van der Waals surface area (Å²) in [6, 6.07) is 5.26. The minimum atomic E-state index is -0.233. The molecule has 0 radical (unpaired) electrons. The van der Waals surface area contributed by atoms with E-state index >= 15 is 0 Å². The molecule has 2 heterocycles. The summed E-state index contributed by atoms with van der Waals surface area (Å²) in [7, 11) is 0. The molecule has 1 saturated heterocycles. The number of hydrogen-bond donors (Lipinski definition) is 1. The lowest BCUT2D eigenvalue weighted by Crippen LogP contribution is -2.45. The Morgan fingerprint density at radius 1 is 1.38 bits per heavy atom. The first-order valence-corrected chi connectivity index (χ1v) is 9.03. The van der Waals surface area contributed by atoms with Crippen molar-refractivity contribution in [1.82, 2.24) is 19.8 Å². The third kappa shape index (κ3) is 3.53. The number of aryl methyl sites for hydroxylation is 1. The van der Waals surface area contributed by atoms with E-state index in [0.717, 1.165) is 54.4 Å². The minimum absolute atomic E-state index is 0.233. The Morgan fingerprint density at radius 3 is 2.75 bits per heavy atom. The molecule has 24 heavy (non-hydrogen) atoms. The molecule has 2 aromatic rings. The fourth-order valence-corrected chi connectivity index (χ4v) is 3.65. The normalized spacial score (nSPS) is 16.1. The Balaban J connectivity index is 1.69. The predicted octanol–water partition coefficient (Wildman–Crippen LogP) is 3.65. The van der Waals surface area contributed by atoms with Crippen LogP contribution >= 0.6 is 12.2 Å². The van der Waals surface area contributed by atoms with Crippen molar-refractivity contribution in [3.63, 3.8) is 0 Å². The quantitative estimate of drug-likeness (QED) is 0.859. The van der Waals surface area contributed by atoms with Gasteiger partial charge in [0.05, 0.1) is 11.0 Å². The van der Waals surface area contributed by atoms with Crippen LogP contribution in [0.15, 0.2) is 18.2 Å². The van der Waals surface area contributed by atoms with Gasteiger partial charge in [0.25, 0.3) is 0 Å². The van der Waals surface area contributed by atoms with E-state index in [2.05, 4.69) is 33.6 Å². The molecule has 1 aromatic carbocycles. The molecule has 1 aliphatic heterocycles. The maximum absolute atomic E-state index is 13.4. The monoisotopic (exact) mass is 348 g/mol. The van der Waals surface area contributed by atoms with Crippen LogP contribution in [-0.4, -0.2) is 39.2 Å². The highest BCUT2D eigenvalue weighted by Gasteiger charge is 2.24. The number of nitrogens with one attached hydrogen (secondary N) is 1. The third-order valence-electron chi connectivity index (χ3n) is 4.61. The highest BCUT2D eigenvalue weighted by atomic mass is 32.1. The number of fused-ring (bicyclic) bond motifs is 1. The van der Waals surface area contributed by atoms with Gasteiger partial charge >= 0.3 is 0 Å². The minimum Gasteiger partial charge on any atom is -0.362 e. The van der Waals surface area contributed by atoms with E-state index in [0.29, 0.717) is 12.0 Å². The average Bonchev–Trinajstić information content (AvgIpc) is 2.87. The van der Waals surface area contributed by atoms with Gasteiger partial charge in [0, 0.05) is 31.7 Å². The number of benzene rings is 1. The second kappa shape index (κ2) is 7.05. The number of aromatic nitrogens is 2. The SMILES string of the molecule is Cc1nc2cc(F)ccc2n1C1CCN(C(=S)NCC(C)C)CC1. The number of rotatable bonds is 3. The van der Waals surface area contributed by atoms with Gasteiger partial charge in [-0.3, -0.25) is 0 Å². The van der Waals surface area contributed by atoms with Gasteiger partial charge in [-0.2, -0.15) is 0 Å². The van der Waals surface area contributed by atoms with Crippen LogP contribution < -0.4 is 5.32 Å². The molecule has 0 saturated carbocycles. The number of hydrogen-bond acceptors (Lipinski definition) is 2. The number of piperidine rings is 1. The molecule has 0 aliphatic carbocycles. The van der Waals surface area contributed by atoms with Crippen LogP contribution in [0.1, 0.15) is 38.6 Å². The van der Waals surface area contributed by atoms with Crippen molar-refractivity contribution >= 4 is 28.4 Å². The first kappa shape index (κ1) is 17.1. The number of nitrogens with zero attached hydrogens (tertiary/aromatic N) is 3. The van der Waals surface area contributed by atoms with Crippen LogP contribution in [0.25, 0.3) is 11.0 Å². The molecule has 1 N–H and O–H groups in total. The smallest absolute Gasteiger partial charge is 0.168 e. The fourth-order valence-electron chi connectivity index (χ4n) is 3.38. The van der Waals surface area contributed by atoms with Crippen molar-refractivity contribution in [3.05, 3.63) is 29.8 Å². The second-order valence-corrected chi connectivity index (χ2v) is 7.35. The van der Waals surface area contributed by atoms with Crippen molar-refractivity contribution in [2.24, 2.45) is 5.92 Å². The summed E-state index contributed by atoms with van der Waals surface area (Å²) in [6.07, 6.45) is 2.04. The lowest BCUT2D eigenvalue weighted by atomic mass is 10.0. The van der Waals surface area contributed by atoms with Crippen LogP contribution in [0.5, 0.6) is 0 Å². The molecular weight excluding hydrogens is 323 g/mol. The topological polar surface area (TPSA) is 33.1 Å².